The van der Waals surface area contributed by atoms with Crippen molar-refractivity contribution in [2.75, 3.05) is 59.7 Å². The molecule has 34 heavy (non-hydrogen) atoms. The number of carbonyl (C=O) groups is 1. The van der Waals surface area contributed by atoms with Crippen LogP contribution in [0, 0.1) is 0 Å². The van der Waals surface area contributed by atoms with Crippen molar-refractivity contribution in [3.05, 3.63) is 53.6 Å². The van der Waals surface area contributed by atoms with Crippen molar-refractivity contribution in [1.29, 1.82) is 0 Å². The van der Waals surface area contributed by atoms with Crippen molar-refractivity contribution in [3.8, 4) is 17.2 Å². The van der Waals surface area contributed by atoms with Gasteiger partial charge in [-0.2, -0.15) is 5.10 Å². The highest BCUT2D eigenvalue weighted by Gasteiger charge is 2.21. The number of hydrazone groups is 1. The van der Waals surface area contributed by atoms with Gasteiger partial charge >= 0.3 is 0 Å². The van der Waals surface area contributed by atoms with E-state index in [1.807, 2.05) is 37.3 Å². The fourth-order valence-corrected chi connectivity index (χ4v) is 4.08. The molecule has 182 valence electrons. The minimum Gasteiger partial charge on any atom is -0.493 e. The standard InChI is InChI=1S/C26H33N3O5/c1-3-33-25-19-21(8-11-24(25)31-2)23-5-4-12-29(27-23)26(30)20-6-9-22(10-7-20)34-18-15-28-13-16-32-17-14-28/h6-11,19H,3-5,12-18H2,1-2H3. The monoisotopic (exact) mass is 467 g/mol. The molecule has 0 saturated carbocycles. The number of rotatable bonds is 9. The molecule has 1 amide bonds. The van der Waals surface area contributed by atoms with Crippen LogP contribution in [-0.2, 0) is 4.74 Å². The van der Waals surface area contributed by atoms with Crippen LogP contribution in [0.4, 0.5) is 0 Å². The summed E-state index contributed by atoms with van der Waals surface area (Å²) in [6.07, 6.45) is 1.65. The van der Waals surface area contributed by atoms with Gasteiger partial charge in [0.25, 0.3) is 5.91 Å². The van der Waals surface area contributed by atoms with Gasteiger partial charge in [-0.05, 0) is 62.2 Å². The largest absolute Gasteiger partial charge is 0.493 e. The van der Waals surface area contributed by atoms with Crippen molar-refractivity contribution < 1.29 is 23.7 Å². The van der Waals surface area contributed by atoms with Crippen LogP contribution in [0.15, 0.2) is 47.6 Å². The second kappa shape index (κ2) is 11.9. The summed E-state index contributed by atoms with van der Waals surface area (Å²) in [5, 5.41) is 6.22. The Bertz CT molecular complexity index is 986. The molecule has 0 spiro atoms. The zero-order chi connectivity index (χ0) is 23.8. The van der Waals surface area contributed by atoms with E-state index in [9.17, 15) is 4.79 Å². The molecule has 0 atom stereocenters. The van der Waals surface area contributed by atoms with E-state index in [4.69, 9.17) is 18.9 Å². The lowest BCUT2D eigenvalue weighted by atomic mass is 10.0. The van der Waals surface area contributed by atoms with Gasteiger partial charge < -0.3 is 18.9 Å². The first-order chi connectivity index (χ1) is 16.7. The van der Waals surface area contributed by atoms with Crippen LogP contribution in [0.25, 0.3) is 0 Å². The normalized spacial score (nSPS) is 16.6. The van der Waals surface area contributed by atoms with Gasteiger partial charge in [0.1, 0.15) is 12.4 Å². The molecule has 2 aromatic rings. The second-order valence-corrected chi connectivity index (χ2v) is 8.20. The lowest BCUT2D eigenvalue weighted by Crippen LogP contribution is -2.38. The van der Waals surface area contributed by atoms with Gasteiger partial charge in [-0.1, -0.05) is 0 Å². The van der Waals surface area contributed by atoms with Crippen LogP contribution in [0.3, 0.4) is 0 Å². The predicted octanol–water partition coefficient (Wildman–Crippen LogP) is 3.45. The van der Waals surface area contributed by atoms with Gasteiger partial charge in [0, 0.05) is 37.3 Å². The molecule has 1 saturated heterocycles. The van der Waals surface area contributed by atoms with Crippen LogP contribution in [0.2, 0.25) is 0 Å². The molecular formula is C26H33N3O5. The van der Waals surface area contributed by atoms with Crippen LogP contribution >= 0.6 is 0 Å². The van der Waals surface area contributed by atoms with Gasteiger partial charge in [-0.3, -0.25) is 9.69 Å². The molecule has 8 heteroatoms. The van der Waals surface area contributed by atoms with Crippen molar-refractivity contribution in [3.63, 3.8) is 0 Å². The summed E-state index contributed by atoms with van der Waals surface area (Å²) in [6.45, 7) is 8.00. The number of amides is 1. The third kappa shape index (κ3) is 6.07. The Morgan fingerprint density at radius 2 is 1.82 bits per heavy atom. The molecule has 0 radical (unpaired) electrons. The van der Waals surface area contributed by atoms with E-state index in [1.54, 1.807) is 24.3 Å². The Morgan fingerprint density at radius 1 is 1.03 bits per heavy atom. The minimum absolute atomic E-state index is 0.115. The summed E-state index contributed by atoms with van der Waals surface area (Å²) < 4.78 is 22.3. The maximum Gasteiger partial charge on any atom is 0.273 e. The summed E-state index contributed by atoms with van der Waals surface area (Å²) >= 11 is 0. The Balaban J connectivity index is 1.38. The highest BCUT2D eigenvalue weighted by Crippen LogP contribution is 2.29. The molecule has 0 bridgehead atoms. The van der Waals surface area contributed by atoms with Gasteiger partial charge in [0.15, 0.2) is 11.5 Å². The number of benzene rings is 2. The van der Waals surface area contributed by atoms with Crippen LogP contribution in [0.5, 0.6) is 17.2 Å². The number of carbonyl (C=O) groups excluding carboxylic acids is 1. The third-order valence-electron chi connectivity index (χ3n) is 5.94. The molecule has 0 aromatic heterocycles. The SMILES string of the molecule is CCOc1cc(C2=NN(C(=O)c3ccc(OCCN4CCOCC4)cc3)CCC2)ccc1OC. The number of nitrogens with zero attached hydrogens (tertiary/aromatic N) is 3. The fourth-order valence-electron chi connectivity index (χ4n) is 4.08. The number of hydrogen-bond acceptors (Lipinski definition) is 7. The van der Waals surface area contributed by atoms with E-state index in [1.165, 1.54) is 0 Å². The van der Waals surface area contributed by atoms with Gasteiger partial charge in [-0.25, -0.2) is 5.01 Å². The molecule has 2 aliphatic rings. The average molecular weight is 468 g/mol. The van der Waals surface area contributed by atoms with Crippen molar-refractivity contribution >= 4 is 11.6 Å². The topological polar surface area (TPSA) is 72.8 Å². The van der Waals surface area contributed by atoms with E-state index >= 15 is 0 Å². The van der Waals surface area contributed by atoms with Crippen LogP contribution in [0.1, 0.15) is 35.7 Å². The van der Waals surface area contributed by atoms with E-state index in [2.05, 4.69) is 10.0 Å². The number of hydrogen-bond donors (Lipinski definition) is 0. The molecule has 2 aliphatic heterocycles. The van der Waals surface area contributed by atoms with Crippen LogP contribution < -0.4 is 14.2 Å². The Labute approximate surface area is 201 Å². The predicted molar refractivity (Wildman–Crippen MR) is 130 cm³/mol. The summed E-state index contributed by atoms with van der Waals surface area (Å²) in [6, 6.07) is 13.1. The smallest absolute Gasteiger partial charge is 0.273 e. The zero-order valence-electron chi connectivity index (χ0n) is 20.0. The quantitative estimate of drug-likeness (QED) is 0.563. The molecule has 2 heterocycles. The van der Waals surface area contributed by atoms with E-state index in [0.717, 1.165) is 62.7 Å². The first kappa shape index (κ1) is 24.0. The molecule has 1 fully saturated rings. The lowest BCUT2D eigenvalue weighted by Gasteiger charge is -2.26. The van der Waals surface area contributed by atoms with Gasteiger partial charge in [-0.15, -0.1) is 0 Å². The van der Waals surface area contributed by atoms with E-state index in [-0.39, 0.29) is 5.91 Å². The minimum atomic E-state index is -0.115. The zero-order valence-corrected chi connectivity index (χ0v) is 20.0. The summed E-state index contributed by atoms with van der Waals surface area (Å²) in [5.41, 5.74) is 2.40. The number of morpholine rings is 1. The molecule has 4 rings (SSSR count). The second-order valence-electron chi connectivity index (χ2n) is 8.20. The van der Waals surface area contributed by atoms with Crippen LogP contribution in [-0.4, -0.2) is 81.2 Å². The summed E-state index contributed by atoms with van der Waals surface area (Å²) in [4.78, 5) is 15.4. The molecule has 0 aliphatic carbocycles. The summed E-state index contributed by atoms with van der Waals surface area (Å²) in [5.74, 6) is 2.00. The maximum atomic E-state index is 13.1. The molecule has 2 aromatic carbocycles. The molecule has 8 nitrogen and oxygen atoms in total. The Morgan fingerprint density at radius 3 is 2.56 bits per heavy atom. The van der Waals surface area contributed by atoms with Crippen molar-refractivity contribution in [2.24, 2.45) is 5.10 Å². The number of ether oxygens (including phenoxy) is 4. The third-order valence-corrected chi connectivity index (χ3v) is 5.94. The molecule has 0 unspecified atom stereocenters. The van der Waals surface area contributed by atoms with E-state index in [0.29, 0.717) is 36.8 Å². The van der Waals surface area contributed by atoms with Gasteiger partial charge in [0.05, 0.1) is 32.6 Å². The highest BCUT2D eigenvalue weighted by molar-refractivity contribution is 6.03. The van der Waals surface area contributed by atoms with Gasteiger partial charge in [0.2, 0.25) is 0 Å². The lowest BCUT2D eigenvalue weighted by molar-refractivity contribution is 0.0322. The maximum absolute atomic E-state index is 13.1. The summed E-state index contributed by atoms with van der Waals surface area (Å²) in [7, 11) is 1.62. The average Bonchev–Trinajstić information content (AvgIpc) is 2.89. The first-order valence-corrected chi connectivity index (χ1v) is 11.9. The Hall–Kier alpha value is -3.10. The van der Waals surface area contributed by atoms with Crippen molar-refractivity contribution in [2.45, 2.75) is 19.8 Å². The first-order valence-electron chi connectivity index (χ1n) is 11.9. The van der Waals surface area contributed by atoms with E-state index < -0.39 is 0 Å². The Kier molecular flexibility index (Phi) is 8.38. The fraction of sp³-hybridized carbons (Fsp3) is 0.462. The van der Waals surface area contributed by atoms with Crippen molar-refractivity contribution in [1.82, 2.24) is 9.91 Å². The molecular weight excluding hydrogens is 434 g/mol. The highest BCUT2D eigenvalue weighted by atomic mass is 16.5. The number of methoxy groups -OCH3 is 1. The molecule has 0 N–H and O–H groups in total.